The number of likely N-dealkylation sites (N-methyl/N-ethyl adjacent to an activating group) is 1. The van der Waals surface area contributed by atoms with Crippen LogP contribution in [0.5, 0.6) is 46.0 Å². The van der Waals surface area contributed by atoms with Gasteiger partial charge in [-0.15, -0.1) is 0 Å². The first-order valence-corrected chi connectivity index (χ1v) is 31.8. The van der Waals surface area contributed by atoms with Crippen molar-refractivity contribution in [3.05, 3.63) is 152 Å². The van der Waals surface area contributed by atoms with Crippen LogP contribution in [-0.2, 0) is 54.4 Å². The second-order valence-corrected chi connectivity index (χ2v) is 25.4. The van der Waals surface area contributed by atoms with E-state index in [1.165, 1.54) is 25.2 Å². The molecule has 6 aliphatic rings. The molecule has 11 bridgehead atoms. The number of hydrogen-bond donors (Lipinski definition) is 17. The maximum atomic E-state index is 16.0. The lowest BCUT2D eigenvalue weighted by Gasteiger charge is -2.42. The molecule has 12 rings (SSSR count). The predicted molar refractivity (Wildman–Crippen MR) is 349 cm³/mol. The molecule has 99 heavy (non-hydrogen) atoms. The summed E-state index contributed by atoms with van der Waals surface area (Å²) in [6.07, 6.45) is -13.4. The number of amides is 7. The largest absolute Gasteiger partial charge is 0.508 e. The van der Waals surface area contributed by atoms with Crippen molar-refractivity contribution >= 4 is 82.1 Å². The number of nitrogens with two attached hydrogens (primary N) is 2. The Morgan fingerprint density at radius 2 is 1.26 bits per heavy atom. The average Bonchev–Trinajstić information content (AvgIpc) is 0.771. The van der Waals surface area contributed by atoms with E-state index in [-0.39, 0.29) is 52.2 Å². The number of aliphatic hydroxyl groups excluding tert-OH is 4. The standard InChI is InChI=1S/C66H68Cl3N9O21/c1-25(2)14-37(72-3)59(87)77-51-53(83)28-7-12-41(35(68)16-28)96-43-18-30-19-44(57(43)99-66-56(86)58(55(85)45(23-70)98-66)95-24-26-4-9-31(67)10-5-26)97-42-13-8-29(17-36(42)69)54(84)52-64(92)76-50(65(93)94)34-20-32(79)21-40(81)47(34)33-15-27(6-11-39(33)80)48(61(89)78-52)75-62(90)49(30)74-60(88)38(22-46(71)82)73-63(51)91/h4-13,15-21,25,37-38,45,48-56,58,66,72,79-81,83-86H,14,22-24,70H2,1-3H3,(H2,71,82)(H,73,91)(H,74,88)(H,75,90)(H,76,92)(H,77,87)(H,78,89)(H,93,94)/t37-,38+,45-,48-,49-,50+,51-,52+,53-,54-,55-,56-,58+,66+/m1/s1. The molecule has 1 saturated heterocycles. The fraction of sp³-hybridized carbons (Fsp3) is 0.333. The van der Waals surface area contributed by atoms with Gasteiger partial charge in [-0.3, -0.25) is 33.6 Å². The molecule has 524 valence electrons. The predicted octanol–water partition coefficient (Wildman–Crippen LogP) is 2.71. The number of nitrogens with one attached hydrogen (secondary N) is 7. The van der Waals surface area contributed by atoms with Crippen LogP contribution in [0.1, 0.15) is 90.4 Å². The minimum Gasteiger partial charge on any atom is -0.508 e. The van der Waals surface area contributed by atoms with E-state index in [1.807, 2.05) is 13.8 Å². The van der Waals surface area contributed by atoms with Gasteiger partial charge in [-0.25, -0.2) is 4.79 Å². The molecule has 6 aliphatic heterocycles. The van der Waals surface area contributed by atoms with Crippen LogP contribution in [0.2, 0.25) is 15.1 Å². The fourth-order valence-corrected chi connectivity index (χ4v) is 12.3. The number of carbonyl (C=O) groups excluding carboxylic acids is 7. The number of aromatic hydroxyl groups is 3. The van der Waals surface area contributed by atoms with Gasteiger partial charge in [0.05, 0.1) is 29.1 Å². The molecule has 14 atom stereocenters. The fourth-order valence-electron chi connectivity index (χ4n) is 11.7. The van der Waals surface area contributed by atoms with Crippen LogP contribution in [-0.4, -0.2) is 157 Å². The summed E-state index contributed by atoms with van der Waals surface area (Å²) in [5, 5.41) is 110. The first kappa shape index (κ1) is 72.2. The summed E-state index contributed by atoms with van der Waals surface area (Å²) >= 11 is 20.2. The quantitative estimate of drug-likeness (QED) is 0.0745. The monoisotopic (exact) mass is 1430 g/mol. The van der Waals surface area contributed by atoms with E-state index in [1.54, 1.807) is 24.3 Å². The first-order chi connectivity index (χ1) is 47.0. The molecule has 7 amide bonds. The van der Waals surface area contributed by atoms with Crippen molar-refractivity contribution in [2.45, 2.75) is 119 Å². The van der Waals surface area contributed by atoms with Gasteiger partial charge in [0.1, 0.15) is 95.6 Å². The van der Waals surface area contributed by atoms with Gasteiger partial charge in [0.2, 0.25) is 53.4 Å². The number of carboxylic acids is 1. The number of halogens is 3. The lowest BCUT2D eigenvalue weighted by Crippen LogP contribution is -2.61. The van der Waals surface area contributed by atoms with Gasteiger partial charge in [-0.05, 0) is 114 Å². The van der Waals surface area contributed by atoms with Gasteiger partial charge in [0.15, 0.2) is 17.5 Å². The zero-order chi connectivity index (χ0) is 71.6. The van der Waals surface area contributed by atoms with Crippen LogP contribution in [0.3, 0.4) is 0 Å². The molecule has 30 nitrogen and oxygen atoms in total. The molecule has 6 aromatic rings. The van der Waals surface area contributed by atoms with E-state index < -0.39 is 207 Å². The Morgan fingerprint density at radius 3 is 1.86 bits per heavy atom. The number of ether oxygens (including phenoxy) is 5. The van der Waals surface area contributed by atoms with Crippen molar-refractivity contribution in [3.63, 3.8) is 0 Å². The number of aliphatic hydroxyl groups is 4. The van der Waals surface area contributed by atoms with Gasteiger partial charge in [-0.1, -0.05) is 79.0 Å². The topological polar surface area (TPSA) is 481 Å². The molecule has 0 spiro atoms. The molecule has 33 heteroatoms. The number of rotatable bonds is 14. The molecule has 6 aromatic carbocycles. The molecule has 0 unspecified atom stereocenters. The van der Waals surface area contributed by atoms with Crippen molar-refractivity contribution in [2.75, 3.05) is 13.6 Å². The Labute approximate surface area is 577 Å². The van der Waals surface area contributed by atoms with Gasteiger partial charge in [0.25, 0.3) is 0 Å². The highest BCUT2D eigenvalue weighted by Crippen LogP contribution is 2.49. The van der Waals surface area contributed by atoms with Crippen LogP contribution in [0, 0.1) is 5.92 Å². The highest BCUT2D eigenvalue weighted by Gasteiger charge is 2.48. The smallest absolute Gasteiger partial charge is 0.330 e. The lowest BCUT2D eigenvalue weighted by atomic mass is 9.89. The Hall–Kier alpha value is -9.57. The third-order valence-electron chi connectivity index (χ3n) is 16.8. The van der Waals surface area contributed by atoms with Gasteiger partial charge >= 0.3 is 5.97 Å². The van der Waals surface area contributed by atoms with Crippen LogP contribution in [0.25, 0.3) is 11.1 Å². The minimum atomic E-state index is -2.30. The third-order valence-corrected chi connectivity index (χ3v) is 17.6. The second kappa shape index (κ2) is 30.3. The first-order valence-electron chi connectivity index (χ1n) is 30.7. The SMILES string of the molecule is CN[C@H](CC(C)C)C(=O)N[C@H]1C(=O)N[C@@H](CC(N)=O)C(=O)N[C@H]2C(=O)N[C@H]3C(=O)N[C@H](C(=O)N[C@H](C(=O)O)c4cc(O)cc(O)c4-c4cc3ccc4O)[C@H](O)c3ccc(c(Cl)c3)Oc3cc2cc(c3O[C@@H]2O[C@H](CN)[C@@H](O)[C@H](OCc3ccc(Cl)cc3)[C@H]2O)Oc2ccc(cc2Cl)[C@H]1O. The number of phenols is 3. The van der Waals surface area contributed by atoms with Crippen molar-refractivity contribution in [2.24, 2.45) is 17.4 Å². The molecule has 19 N–H and O–H groups in total. The summed E-state index contributed by atoms with van der Waals surface area (Å²) < 4.78 is 32.0. The summed E-state index contributed by atoms with van der Waals surface area (Å²) in [6, 6.07) is 6.28. The average molecular weight is 1430 g/mol. The summed E-state index contributed by atoms with van der Waals surface area (Å²) in [5.41, 5.74) is 9.77. The highest BCUT2D eigenvalue weighted by atomic mass is 35.5. The van der Waals surface area contributed by atoms with Crippen molar-refractivity contribution in [1.29, 1.82) is 0 Å². The maximum absolute atomic E-state index is 16.0. The second-order valence-electron chi connectivity index (χ2n) is 24.1. The number of aliphatic carboxylic acids is 1. The number of primary amides is 1. The Morgan fingerprint density at radius 1 is 0.657 bits per heavy atom. The molecular formula is C66H68Cl3N9O21. The van der Waals surface area contributed by atoms with E-state index in [0.717, 1.165) is 60.7 Å². The molecular weight excluding hydrogens is 1360 g/mol. The molecule has 0 aromatic heterocycles. The summed E-state index contributed by atoms with van der Waals surface area (Å²) in [5.74, 6) is -15.5. The van der Waals surface area contributed by atoms with E-state index >= 15 is 14.4 Å². The molecule has 1 fully saturated rings. The van der Waals surface area contributed by atoms with Gasteiger partial charge in [-0.2, -0.15) is 0 Å². The zero-order valence-corrected chi connectivity index (χ0v) is 54.7. The van der Waals surface area contributed by atoms with E-state index in [0.29, 0.717) is 10.6 Å². The normalized spacial score (nSPS) is 25.1. The molecule has 0 aliphatic carbocycles. The third kappa shape index (κ3) is 15.8. The zero-order valence-electron chi connectivity index (χ0n) is 52.5. The summed E-state index contributed by atoms with van der Waals surface area (Å²) in [7, 11) is 1.48. The Kier molecular flexibility index (Phi) is 22.1. The summed E-state index contributed by atoms with van der Waals surface area (Å²) in [4.78, 5) is 117. The van der Waals surface area contributed by atoms with E-state index in [2.05, 4.69) is 37.2 Å². The Balaban J connectivity index is 1.22. The number of fused-ring (bicyclic) bond motifs is 15. The van der Waals surface area contributed by atoms with Crippen LogP contribution < -0.4 is 62.9 Å². The van der Waals surface area contributed by atoms with Gasteiger partial charge in [0, 0.05) is 34.3 Å². The van der Waals surface area contributed by atoms with Crippen molar-refractivity contribution in [3.8, 4) is 57.1 Å². The number of hydrogen-bond acceptors (Lipinski definition) is 22. The van der Waals surface area contributed by atoms with Gasteiger partial charge < -0.3 is 113 Å². The lowest BCUT2D eigenvalue weighted by molar-refractivity contribution is -0.280. The minimum absolute atomic E-state index is 0.0821. The van der Waals surface area contributed by atoms with E-state index in [9.17, 15) is 64.8 Å². The molecule has 0 saturated carbocycles. The van der Waals surface area contributed by atoms with Crippen LogP contribution in [0.4, 0.5) is 0 Å². The molecule has 6 heterocycles. The number of carbonyl (C=O) groups is 8. The number of phenolic OH excluding ortho intramolecular Hbond substituents is 3. The van der Waals surface area contributed by atoms with Crippen LogP contribution >= 0.6 is 34.8 Å². The number of benzene rings is 6. The van der Waals surface area contributed by atoms with Crippen molar-refractivity contribution < 1.29 is 103 Å². The van der Waals surface area contributed by atoms with E-state index in [4.69, 9.17) is 70.0 Å². The Bertz CT molecular complexity index is 4150. The van der Waals surface area contributed by atoms with Crippen LogP contribution in [0.15, 0.2) is 103 Å². The summed E-state index contributed by atoms with van der Waals surface area (Å²) in [6.45, 7) is 3.04. The number of carboxylic acid groups (broad SMARTS) is 1. The maximum Gasteiger partial charge on any atom is 0.330 e. The molecule has 0 radical (unpaired) electrons. The highest BCUT2D eigenvalue weighted by molar-refractivity contribution is 6.32. The van der Waals surface area contributed by atoms with Crippen molar-refractivity contribution in [1.82, 2.24) is 37.2 Å².